The maximum Gasteiger partial charge on any atom is 0.320 e. The number of carbonyl (C=O) groups is 3. The number of β-lactam (4-membered cyclic amide) rings is 1. The van der Waals surface area contributed by atoms with Crippen LogP contribution in [0.2, 0.25) is 0 Å². The van der Waals surface area contributed by atoms with Gasteiger partial charge in [0, 0.05) is 12.2 Å². The fraction of sp³-hybridized carbons (Fsp3) is 0.333. The molecule has 2 amide bonds. The molecule has 4 rings (SSSR count). The van der Waals surface area contributed by atoms with E-state index in [4.69, 9.17) is 38.0 Å². The molecule has 0 bridgehead atoms. The van der Waals surface area contributed by atoms with Crippen LogP contribution in [0.25, 0.3) is 0 Å². The number of ether oxygens (including phenoxy) is 3. The molecule has 2 aliphatic rings. The van der Waals surface area contributed by atoms with Crippen LogP contribution in [-0.2, 0) is 36.9 Å². The summed E-state index contributed by atoms with van der Waals surface area (Å²) in [6.45, 7) is 0.313. The van der Waals surface area contributed by atoms with E-state index < -0.39 is 12.0 Å². The second-order valence-corrected chi connectivity index (χ2v) is 10.3. The Hall–Kier alpha value is -3.08. The lowest BCUT2D eigenvalue weighted by Crippen LogP contribution is -2.70. The molecule has 0 aromatic heterocycles. The molecule has 2 aromatic carbocycles. The highest BCUT2D eigenvalue weighted by Gasteiger charge is 2.53. The molecule has 0 spiro atoms. The topological polar surface area (TPSA) is 94.2 Å². The summed E-state index contributed by atoms with van der Waals surface area (Å²) in [6, 6.07) is 16.1. The van der Waals surface area contributed by atoms with Crippen molar-refractivity contribution >= 4 is 58.4 Å². The van der Waals surface area contributed by atoms with Gasteiger partial charge in [-0.25, -0.2) is 0 Å². The Morgan fingerprint density at radius 2 is 1.84 bits per heavy atom. The second-order valence-electron chi connectivity index (χ2n) is 8.60. The van der Waals surface area contributed by atoms with Gasteiger partial charge in [-0.15, -0.1) is 23.4 Å². The van der Waals surface area contributed by atoms with Crippen molar-refractivity contribution in [2.24, 2.45) is 0 Å². The number of thiocarbonyl (C=S) groups is 1. The molecule has 2 aromatic rings. The number of hydrogen-bond donors (Lipinski definition) is 1. The number of alkyl halides is 1. The number of hydrogen-bond acceptors (Lipinski definition) is 8. The average molecular weight is 575 g/mol. The van der Waals surface area contributed by atoms with Gasteiger partial charge in [0.25, 0.3) is 5.91 Å². The summed E-state index contributed by atoms with van der Waals surface area (Å²) < 4.78 is 16.3. The van der Waals surface area contributed by atoms with E-state index in [1.165, 1.54) is 11.8 Å². The Morgan fingerprint density at radius 3 is 2.53 bits per heavy atom. The summed E-state index contributed by atoms with van der Waals surface area (Å²) in [5, 5.41) is 2.73. The normalized spacial score (nSPS) is 18.3. The molecule has 2 atom stereocenters. The summed E-state index contributed by atoms with van der Waals surface area (Å²) in [5.41, 5.74) is 3.08. The fourth-order valence-electron chi connectivity index (χ4n) is 4.13. The van der Waals surface area contributed by atoms with E-state index in [9.17, 15) is 14.4 Å². The van der Waals surface area contributed by atoms with Gasteiger partial charge in [-0.3, -0.25) is 19.3 Å². The Bertz CT molecular complexity index is 1220. The number of halogens is 1. The predicted molar refractivity (Wildman–Crippen MR) is 149 cm³/mol. The first-order valence-corrected chi connectivity index (χ1v) is 13.9. The summed E-state index contributed by atoms with van der Waals surface area (Å²) in [5.74, 6) is 0.0308. The molecule has 38 heavy (non-hydrogen) atoms. The number of methoxy groups -OCH3 is 1. The van der Waals surface area contributed by atoms with Gasteiger partial charge >= 0.3 is 5.97 Å². The van der Waals surface area contributed by atoms with Crippen LogP contribution in [0.4, 0.5) is 0 Å². The quantitative estimate of drug-likeness (QED) is 0.188. The summed E-state index contributed by atoms with van der Waals surface area (Å²) in [7, 11) is 1.60. The highest BCUT2D eigenvalue weighted by molar-refractivity contribution is 8.00. The predicted octanol–water partition coefficient (Wildman–Crippen LogP) is 3.61. The molecular weight excluding hydrogens is 548 g/mol. The highest BCUT2D eigenvalue weighted by Crippen LogP contribution is 2.42. The number of amides is 2. The Labute approximate surface area is 235 Å². The van der Waals surface area contributed by atoms with Crippen LogP contribution >= 0.6 is 35.6 Å². The minimum absolute atomic E-state index is 0.107. The maximum atomic E-state index is 13.2. The van der Waals surface area contributed by atoms with Crippen LogP contribution in [0.15, 0.2) is 65.9 Å². The molecule has 0 unspecified atom stereocenters. The van der Waals surface area contributed by atoms with Gasteiger partial charge in [0.1, 0.15) is 29.7 Å². The molecule has 8 nitrogen and oxygen atoms in total. The highest BCUT2D eigenvalue weighted by atomic mass is 35.5. The van der Waals surface area contributed by atoms with Crippen molar-refractivity contribution < 1.29 is 28.6 Å². The fourth-order valence-corrected chi connectivity index (χ4v) is 5.90. The van der Waals surface area contributed by atoms with Gasteiger partial charge in [0.05, 0.1) is 25.8 Å². The average Bonchev–Trinajstić information content (AvgIpc) is 2.94. The third-order valence-corrected chi connectivity index (χ3v) is 7.94. The van der Waals surface area contributed by atoms with E-state index >= 15 is 0 Å². The third-order valence-electron chi connectivity index (χ3n) is 6.07. The van der Waals surface area contributed by atoms with Crippen molar-refractivity contribution in [1.82, 2.24) is 10.2 Å². The molecule has 0 radical (unpaired) electrons. The molecule has 2 aliphatic heterocycles. The zero-order chi connectivity index (χ0) is 27.1. The van der Waals surface area contributed by atoms with Crippen LogP contribution in [-0.4, -0.2) is 64.5 Å². The zero-order valence-corrected chi connectivity index (χ0v) is 23.1. The lowest BCUT2D eigenvalue weighted by Gasteiger charge is -2.50. The van der Waals surface area contributed by atoms with E-state index in [2.05, 4.69) is 5.32 Å². The van der Waals surface area contributed by atoms with Crippen molar-refractivity contribution in [3.8, 4) is 5.75 Å². The van der Waals surface area contributed by atoms with E-state index in [0.717, 1.165) is 22.4 Å². The van der Waals surface area contributed by atoms with Gasteiger partial charge in [-0.1, -0.05) is 42.5 Å². The van der Waals surface area contributed by atoms with Gasteiger partial charge < -0.3 is 19.5 Å². The first-order valence-electron chi connectivity index (χ1n) is 11.9. The van der Waals surface area contributed by atoms with Crippen molar-refractivity contribution in [3.05, 3.63) is 77.0 Å². The molecule has 0 aliphatic carbocycles. The minimum Gasteiger partial charge on any atom is -0.497 e. The summed E-state index contributed by atoms with van der Waals surface area (Å²) in [4.78, 5) is 39.0. The van der Waals surface area contributed by atoms with E-state index in [0.29, 0.717) is 17.9 Å². The Morgan fingerprint density at radius 1 is 1.11 bits per heavy atom. The summed E-state index contributed by atoms with van der Waals surface area (Å²) >= 11 is 12.7. The van der Waals surface area contributed by atoms with Crippen LogP contribution < -0.4 is 10.1 Å². The number of benzene rings is 2. The monoisotopic (exact) mass is 574 g/mol. The number of fused-ring (bicyclic) bond motifs is 1. The standard InChI is InChI=1S/C27H27ClN2O6S2/c1-34-20-9-7-18(8-10-20)15-36-27(37)24-19(11-12-35-22(32)14-28)16-38-26-23(25(33)30(24)26)29-21(31)13-17-5-3-2-4-6-17/h2-10,23,26H,11-16H2,1H3,(H,29,31)/t23-,26+/m0/s1. The number of nitrogens with zero attached hydrogens (tertiary/aromatic N) is 1. The number of rotatable bonds is 11. The maximum absolute atomic E-state index is 13.2. The van der Waals surface area contributed by atoms with Crippen LogP contribution in [0, 0.1) is 0 Å². The van der Waals surface area contributed by atoms with Crippen molar-refractivity contribution in [3.63, 3.8) is 0 Å². The van der Waals surface area contributed by atoms with Gasteiger partial charge in [0.2, 0.25) is 11.0 Å². The first-order chi connectivity index (χ1) is 18.4. The molecule has 11 heteroatoms. The van der Waals surface area contributed by atoms with Crippen molar-refractivity contribution in [1.29, 1.82) is 0 Å². The lowest BCUT2D eigenvalue weighted by atomic mass is 10.0. The largest absolute Gasteiger partial charge is 0.497 e. The first kappa shape index (κ1) is 27.9. The van der Waals surface area contributed by atoms with Gasteiger partial charge in [-0.05, 0) is 41.1 Å². The number of thioether (sulfide) groups is 1. The molecular formula is C27H27ClN2O6S2. The van der Waals surface area contributed by atoms with Gasteiger partial charge in [0.15, 0.2) is 0 Å². The third kappa shape index (κ3) is 6.67. The van der Waals surface area contributed by atoms with E-state index in [-0.39, 0.29) is 47.8 Å². The SMILES string of the molecule is COc1ccc(COC(=S)C2=C(CCOC(=O)CCl)CS[C@@H]3[C@@H](NC(=O)Cc4ccccc4)C(=O)N23)cc1. The Balaban J connectivity index is 1.46. The zero-order valence-electron chi connectivity index (χ0n) is 20.7. The Kier molecular flexibility index (Phi) is 9.65. The minimum atomic E-state index is -0.661. The van der Waals surface area contributed by atoms with E-state index in [1.54, 1.807) is 12.0 Å². The van der Waals surface area contributed by atoms with E-state index in [1.807, 2.05) is 54.6 Å². The van der Waals surface area contributed by atoms with Gasteiger partial charge in [-0.2, -0.15) is 0 Å². The second kappa shape index (κ2) is 13.1. The number of carbonyl (C=O) groups excluding carboxylic acids is 3. The molecule has 0 saturated carbocycles. The van der Waals surface area contributed by atoms with Crippen LogP contribution in [0.5, 0.6) is 5.75 Å². The number of nitrogens with one attached hydrogen (secondary N) is 1. The smallest absolute Gasteiger partial charge is 0.320 e. The van der Waals surface area contributed by atoms with Crippen LogP contribution in [0.1, 0.15) is 17.5 Å². The molecule has 2 heterocycles. The molecule has 1 fully saturated rings. The summed E-state index contributed by atoms with van der Waals surface area (Å²) in [6.07, 6.45) is 0.559. The number of esters is 1. The molecule has 1 saturated heterocycles. The molecule has 1 N–H and O–H groups in total. The van der Waals surface area contributed by atoms with Crippen molar-refractivity contribution in [2.75, 3.05) is 25.3 Å². The van der Waals surface area contributed by atoms with Crippen LogP contribution in [0.3, 0.4) is 0 Å². The lowest BCUT2D eigenvalue weighted by molar-refractivity contribution is -0.145. The molecule has 200 valence electrons. The van der Waals surface area contributed by atoms with Crippen molar-refractivity contribution in [2.45, 2.75) is 30.9 Å².